The van der Waals surface area contributed by atoms with Crippen LogP contribution < -0.4 is 4.74 Å². The molecular formula is C20H24N6O3. The number of piperidine rings is 1. The minimum atomic E-state index is 0.172. The number of rotatable bonds is 7. The van der Waals surface area contributed by atoms with Crippen LogP contribution in [0.1, 0.15) is 43.3 Å². The Labute approximate surface area is 168 Å². The van der Waals surface area contributed by atoms with Gasteiger partial charge in [-0.3, -0.25) is 9.89 Å². The smallest absolute Gasteiger partial charge is 0.226 e. The summed E-state index contributed by atoms with van der Waals surface area (Å²) in [6.07, 6.45) is 5.07. The molecule has 1 fully saturated rings. The average molecular weight is 396 g/mol. The third-order valence-electron chi connectivity index (χ3n) is 5.27. The number of ether oxygens (including phenoxy) is 1. The van der Waals surface area contributed by atoms with Gasteiger partial charge in [-0.05, 0) is 31.4 Å². The fraction of sp³-hybridized carbons (Fsp3) is 0.450. The van der Waals surface area contributed by atoms with Gasteiger partial charge >= 0.3 is 0 Å². The van der Waals surface area contributed by atoms with Crippen LogP contribution in [0.4, 0.5) is 0 Å². The van der Waals surface area contributed by atoms with Crippen LogP contribution in [0, 0.1) is 0 Å². The van der Waals surface area contributed by atoms with Crippen molar-refractivity contribution >= 4 is 5.91 Å². The number of aryl methyl sites for hydroxylation is 1. The molecule has 4 rings (SSSR count). The molecule has 1 saturated heterocycles. The number of hydrogen-bond donors (Lipinski definition) is 1. The number of hydrogen-bond acceptors (Lipinski definition) is 7. The normalized spacial score (nSPS) is 14.9. The van der Waals surface area contributed by atoms with Crippen molar-refractivity contribution in [3.05, 3.63) is 42.3 Å². The van der Waals surface area contributed by atoms with Gasteiger partial charge in [-0.25, -0.2) is 4.98 Å². The molecule has 1 N–H and O–H groups in total. The molecule has 1 aliphatic heterocycles. The third kappa shape index (κ3) is 4.44. The highest BCUT2D eigenvalue weighted by Gasteiger charge is 2.25. The molecular weight excluding hydrogens is 372 g/mol. The van der Waals surface area contributed by atoms with Crippen molar-refractivity contribution in [2.75, 3.05) is 20.2 Å². The van der Waals surface area contributed by atoms with Crippen LogP contribution in [0.15, 0.2) is 35.1 Å². The first-order chi connectivity index (χ1) is 14.2. The Morgan fingerprint density at radius 3 is 2.90 bits per heavy atom. The molecule has 0 bridgehead atoms. The topological polar surface area (TPSA) is 110 Å². The largest absolute Gasteiger partial charge is 0.496 e. The van der Waals surface area contributed by atoms with Gasteiger partial charge in [0.25, 0.3) is 0 Å². The maximum Gasteiger partial charge on any atom is 0.226 e. The maximum absolute atomic E-state index is 12.5. The highest BCUT2D eigenvalue weighted by molar-refractivity contribution is 5.76. The van der Waals surface area contributed by atoms with Crippen LogP contribution >= 0.6 is 0 Å². The van der Waals surface area contributed by atoms with E-state index in [0.717, 1.165) is 37.3 Å². The van der Waals surface area contributed by atoms with Gasteiger partial charge < -0.3 is 14.2 Å². The van der Waals surface area contributed by atoms with E-state index < -0.39 is 0 Å². The van der Waals surface area contributed by atoms with E-state index in [2.05, 4.69) is 25.3 Å². The van der Waals surface area contributed by atoms with Crippen molar-refractivity contribution < 1.29 is 14.1 Å². The molecule has 0 aliphatic carbocycles. The fourth-order valence-electron chi connectivity index (χ4n) is 3.66. The van der Waals surface area contributed by atoms with Crippen LogP contribution in [0.5, 0.6) is 5.75 Å². The summed E-state index contributed by atoms with van der Waals surface area (Å²) >= 11 is 0. The number of carbonyl (C=O) groups is 1. The van der Waals surface area contributed by atoms with Crippen LogP contribution in [0.25, 0.3) is 11.4 Å². The summed E-state index contributed by atoms with van der Waals surface area (Å²) in [6, 6.07) is 7.54. The van der Waals surface area contributed by atoms with Gasteiger partial charge in [0.2, 0.25) is 17.6 Å². The van der Waals surface area contributed by atoms with Crippen LogP contribution in [-0.4, -0.2) is 56.3 Å². The number of benzene rings is 1. The molecule has 0 unspecified atom stereocenters. The molecule has 0 radical (unpaired) electrons. The number of amides is 1. The number of aromatic amines is 1. The van der Waals surface area contributed by atoms with Crippen LogP contribution in [-0.2, 0) is 11.2 Å². The van der Waals surface area contributed by atoms with E-state index in [1.54, 1.807) is 7.11 Å². The zero-order valence-corrected chi connectivity index (χ0v) is 16.4. The SMILES string of the molecule is COc1ccccc1-c1noc(CCCC(=O)N2CCC(c3ncn[nH]3)CC2)n1. The first-order valence-electron chi connectivity index (χ1n) is 9.83. The van der Waals surface area contributed by atoms with E-state index >= 15 is 0 Å². The van der Waals surface area contributed by atoms with E-state index in [0.29, 0.717) is 42.6 Å². The average Bonchev–Trinajstić information content (AvgIpc) is 3.46. The molecule has 29 heavy (non-hydrogen) atoms. The molecule has 0 saturated carbocycles. The molecule has 1 aromatic carbocycles. The lowest BCUT2D eigenvalue weighted by atomic mass is 9.96. The van der Waals surface area contributed by atoms with E-state index in [4.69, 9.17) is 9.26 Å². The van der Waals surface area contributed by atoms with Crippen molar-refractivity contribution in [1.82, 2.24) is 30.2 Å². The Morgan fingerprint density at radius 1 is 1.31 bits per heavy atom. The minimum Gasteiger partial charge on any atom is -0.496 e. The lowest BCUT2D eigenvalue weighted by Crippen LogP contribution is -2.38. The number of H-pyrrole nitrogens is 1. The first kappa shape index (κ1) is 19.1. The second-order valence-electron chi connectivity index (χ2n) is 7.09. The minimum absolute atomic E-state index is 0.172. The summed E-state index contributed by atoms with van der Waals surface area (Å²) < 4.78 is 10.7. The molecule has 3 heterocycles. The van der Waals surface area contributed by atoms with Gasteiger partial charge in [0.05, 0.1) is 12.7 Å². The number of nitrogens with zero attached hydrogens (tertiary/aromatic N) is 5. The lowest BCUT2D eigenvalue weighted by Gasteiger charge is -2.31. The highest BCUT2D eigenvalue weighted by atomic mass is 16.5. The first-order valence-corrected chi connectivity index (χ1v) is 9.83. The Bertz CT molecular complexity index is 931. The monoisotopic (exact) mass is 396 g/mol. The van der Waals surface area contributed by atoms with Gasteiger partial charge in [-0.1, -0.05) is 17.3 Å². The zero-order chi connectivity index (χ0) is 20.1. The van der Waals surface area contributed by atoms with E-state index in [-0.39, 0.29) is 5.91 Å². The predicted molar refractivity (Wildman–Crippen MR) is 104 cm³/mol. The second-order valence-corrected chi connectivity index (χ2v) is 7.09. The fourth-order valence-corrected chi connectivity index (χ4v) is 3.66. The number of carbonyl (C=O) groups excluding carboxylic acids is 1. The summed E-state index contributed by atoms with van der Waals surface area (Å²) in [5.74, 6) is 3.17. The van der Waals surface area contributed by atoms with Gasteiger partial charge in [0, 0.05) is 31.8 Å². The van der Waals surface area contributed by atoms with Crippen molar-refractivity contribution in [3.8, 4) is 17.1 Å². The molecule has 1 aliphatic rings. The molecule has 9 nitrogen and oxygen atoms in total. The summed E-state index contributed by atoms with van der Waals surface area (Å²) in [4.78, 5) is 23.1. The Morgan fingerprint density at radius 2 is 2.14 bits per heavy atom. The summed E-state index contributed by atoms with van der Waals surface area (Å²) in [7, 11) is 1.61. The number of para-hydroxylation sites is 1. The van der Waals surface area contributed by atoms with Crippen LogP contribution in [0.2, 0.25) is 0 Å². The van der Waals surface area contributed by atoms with Gasteiger partial charge in [0.15, 0.2) is 0 Å². The zero-order valence-electron chi connectivity index (χ0n) is 16.4. The van der Waals surface area contributed by atoms with Gasteiger partial charge in [-0.2, -0.15) is 10.1 Å². The Kier molecular flexibility index (Phi) is 5.83. The van der Waals surface area contributed by atoms with E-state index in [9.17, 15) is 4.79 Å². The number of aromatic nitrogens is 5. The number of nitrogens with one attached hydrogen (secondary N) is 1. The van der Waals surface area contributed by atoms with Crippen molar-refractivity contribution in [2.45, 2.75) is 38.0 Å². The standard InChI is InChI=1S/C20H24N6O3/c1-28-16-6-3-2-5-15(16)20-23-17(29-25-20)7-4-8-18(27)26-11-9-14(10-12-26)19-21-13-22-24-19/h2-3,5-6,13-14H,4,7-12H2,1H3,(H,21,22,24). The molecule has 1 amide bonds. The molecule has 0 spiro atoms. The van der Waals surface area contributed by atoms with Crippen LogP contribution in [0.3, 0.4) is 0 Å². The maximum atomic E-state index is 12.5. The molecule has 2 aromatic heterocycles. The molecule has 9 heteroatoms. The summed E-state index contributed by atoms with van der Waals surface area (Å²) in [5.41, 5.74) is 0.788. The quantitative estimate of drug-likeness (QED) is 0.653. The predicted octanol–water partition coefficient (Wildman–Crippen LogP) is 2.59. The van der Waals surface area contributed by atoms with Crippen molar-refractivity contribution in [2.24, 2.45) is 0 Å². The third-order valence-corrected chi connectivity index (χ3v) is 5.27. The molecule has 152 valence electrons. The van der Waals surface area contributed by atoms with Crippen molar-refractivity contribution in [1.29, 1.82) is 0 Å². The van der Waals surface area contributed by atoms with Gasteiger partial charge in [0.1, 0.15) is 17.9 Å². The summed E-state index contributed by atoms with van der Waals surface area (Å²) in [6.45, 7) is 1.51. The number of likely N-dealkylation sites (tertiary alicyclic amines) is 1. The highest BCUT2D eigenvalue weighted by Crippen LogP contribution is 2.28. The van der Waals surface area contributed by atoms with Gasteiger partial charge in [-0.15, -0.1) is 0 Å². The summed E-state index contributed by atoms with van der Waals surface area (Å²) in [5, 5.41) is 10.9. The lowest BCUT2D eigenvalue weighted by molar-refractivity contribution is -0.132. The van der Waals surface area contributed by atoms with E-state index in [1.165, 1.54) is 6.33 Å². The Hall–Kier alpha value is -3.23. The molecule has 0 atom stereocenters. The Balaban J connectivity index is 1.24. The van der Waals surface area contributed by atoms with E-state index in [1.807, 2.05) is 29.2 Å². The van der Waals surface area contributed by atoms with Crippen molar-refractivity contribution in [3.63, 3.8) is 0 Å². The number of methoxy groups -OCH3 is 1. The second kappa shape index (κ2) is 8.85. The molecule has 3 aromatic rings.